The van der Waals surface area contributed by atoms with E-state index in [0.29, 0.717) is 5.69 Å². The van der Waals surface area contributed by atoms with Gasteiger partial charge in [-0.1, -0.05) is 27.7 Å². The van der Waals surface area contributed by atoms with E-state index < -0.39 is 0 Å². The van der Waals surface area contributed by atoms with E-state index in [1.54, 1.807) is 6.20 Å². The van der Waals surface area contributed by atoms with Gasteiger partial charge in [0.15, 0.2) is 5.78 Å². The van der Waals surface area contributed by atoms with Crippen LogP contribution in [-0.2, 0) is 7.05 Å². The predicted octanol–water partition coefficient (Wildman–Crippen LogP) is 2.59. The molecular formula is C12H20N2O. The molecule has 0 radical (unpaired) electrons. The van der Waals surface area contributed by atoms with Crippen molar-refractivity contribution in [3.05, 3.63) is 17.7 Å². The minimum atomic E-state index is -0.00470. The van der Waals surface area contributed by atoms with Gasteiger partial charge in [0.1, 0.15) is 11.5 Å². The van der Waals surface area contributed by atoms with Crippen molar-refractivity contribution in [2.24, 2.45) is 18.4 Å². The summed E-state index contributed by atoms with van der Waals surface area (Å²) >= 11 is 0. The normalized spacial score (nSPS) is 14.0. The minimum Gasteiger partial charge on any atom is -0.329 e. The standard InChI is InChI=1S/C12H20N2O/c1-8(12(3,4)5)11(15)10-7-13-9(2)14(10)6/h7-8H,1-6H3. The van der Waals surface area contributed by atoms with E-state index in [1.807, 2.05) is 25.5 Å². The molecule has 84 valence electrons. The lowest BCUT2D eigenvalue weighted by molar-refractivity contribution is 0.0830. The molecule has 3 heteroatoms. The molecule has 1 atom stereocenters. The largest absolute Gasteiger partial charge is 0.329 e. The zero-order valence-electron chi connectivity index (χ0n) is 10.5. The predicted molar refractivity (Wildman–Crippen MR) is 60.9 cm³/mol. The number of hydrogen-bond donors (Lipinski definition) is 0. The molecule has 1 rings (SSSR count). The van der Waals surface area contributed by atoms with Crippen LogP contribution in [0.5, 0.6) is 0 Å². The maximum absolute atomic E-state index is 12.2. The van der Waals surface area contributed by atoms with Crippen molar-refractivity contribution in [1.29, 1.82) is 0 Å². The molecule has 0 spiro atoms. The Morgan fingerprint density at radius 2 is 2.00 bits per heavy atom. The molecule has 0 saturated carbocycles. The lowest BCUT2D eigenvalue weighted by Gasteiger charge is -2.25. The number of rotatable bonds is 2. The minimum absolute atomic E-state index is 0.00470. The second kappa shape index (κ2) is 3.80. The van der Waals surface area contributed by atoms with E-state index in [0.717, 1.165) is 5.82 Å². The van der Waals surface area contributed by atoms with Gasteiger partial charge in [0, 0.05) is 13.0 Å². The summed E-state index contributed by atoms with van der Waals surface area (Å²) in [5.74, 6) is 1.05. The summed E-state index contributed by atoms with van der Waals surface area (Å²) in [6.45, 7) is 10.1. The topological polar surface area (TPSA) is 34.9 Å². The first-order valence-electron chi connectivity index (χ1n) is 5.27. The van der Waals surface area contributed by atoms with Crippen LogP contribution >= 0.6 is 0 Å². The molecule has 0 bridgehead atoms. The van der Waals surface area contributed by atoms with Gasteiger partial charge in [-0.15, -0.1) is 0 Å². The van der Waals surface area contributed by atoms with Gasteiger partial charge in [0.2, 0.25) is 0 Å². The van der Waals surface area contributed by atoms with E-state index in [4.69, 9.17) is 0 Å². The smallest absolute Gasteiger partial charge is 0.184 e. The van der Waals surface area contributed by atoms with Gasteiger partial charge in [-0.25, -0.2) is 4.98 Å². The second-order valence-electron chi connectivity index (χ2n) is 5.20. The van der Waals surface area contributed by atoms with Gasteiger partial charge < -0.3 is 4.57 Å². The fraction of sp³-hybridized carbons (Fsp3) is 0.667. The van der Waals surface area contributed by atoms with Gasteiger partial charge in [-0.3, -0.25) is 4.79 Å². The summed E-state index contributed by atoms with van der Waals surface area (Å²) in [6.07, 6.45) is 1.67. The molecule has 1 aromatic rings. The molecule has 15 heavy (non-hydrogen) atoms. The molecule has 1 aromatic heterocycles. The van der Waals surface area contributed by atoms with E-state index in [-0.39, 0.29) is 17.1 Å². The summed E-state index contributed by atoms with van der Waals surface area (Å²) in [6, 6.07) is 0. The quantitative estimate of drug-likeness (QED) is 0.700. The fourth-order valence-corrected chi connectivity index (χ4v) is 1.35. The lowest BCUT2D eigenvalue weighted by atomic mass is 9.79. The molecule has 0 aliphatic rings. The SMILES string of the molecule is Cc1ncc(C(=O)C(C)C(C)(C)C)n1C. The first kappa shape index (κ1) is 12.0. The highest BCUT2D eigenvalue weighted by Crippen LogP contribution is 2.28. The molecule has 0 N–H and O–H groups in total. The summed E-state index contributed by atoms with van der Waals surface area (Å²) in [5, 5.41) is 0. The number of nitrogens with zero attached hydrogens (tertiary/aromatic N) is 2. The summed E-state index contributed by atoms with van der Waals surface area (Å²) in [5.41, 5.74) is 0.699. The van der Waals surface area contributed by atoms with Crippen LogP contribution < -0.4 is 0 Å². The zero-order valence-corrected chi connectivity index (χ0v) is 10.5. The van der Waals surface area contributed by atoms with Crippen molar-refractivity contribution in [3.63, 3.8) is 0 Å². The van der Waals surface area contributed by atoms with Crippen molar-refractivity contribution in [2.45, 2.75) is 34.6 Å². The van der Waals surface area contributed by atoms with Crippen LogP contribution in [0.25, 0.3) is 0 Å². The van der Waals surface area contributed by atoms with Crippen molar-refractivity contribution in [2.75, 3.05) is 0 Å². The average molecular weight is 208 g/mol. The number of hydrogen-bond acceptors (Lipinski definition) is 2. The van der Waals surface area contributed by atoms with Crippen LogP contribution in [0.3, 0.4) is 0 Å². The van der Waals surface area contributed by atoms with E-state index in [9.17, 15) is 4.79 Å². The Morgan fingerprint density at radius 3 is 2.33 bits per heavy atom. The Kier molecular flexibility index (Phi) is 3.03. The highest BCUT2D eigenvalue weighted by Gasteiger charge is 2.29. The third kappa shape index (κ3) is 2.28. The summed E-state index contributed by atoms with van der Waals surface area (Å²) in [7, 11) is 1.88. The van der Waals surface area contributed by atoms with Gasteiger partial charge in [0.25, 0.3) is 0 Å². The molecule has 1 heterocycles. The van der Waals surface area contributed by atoms with Crippen LogP contribution in [0.1, 0.15) is 44.0 Å². The van der Waals surface area contributed by atoms with Gasteiger partial charge >= 0.3 is 0 Å². The fourth-order valence-electron chi connectivity index (χ4n) is 1.35. The summed E-state index contributed by atoms with van der Waals surface area (Å²) < 4.78 is 1.85. The van der Waals surface area contributed by atoms with Crippen molar-refractivity contribution in [1.82, 2.24) is 9.55 Å². The molecular weight excluding hydrogens is 188 g/mol. The number of Topliss-reactive ketones (excluding diaryl/α,β-unsaturated/α-hetero) is 1. The first-order valence-corrected chi connectivity index (χ1v) is 5.27. The van der Waals surface area contributed by atoms with E-state index in [1.165, 1.54) is 0 Å². The molecule has 0 aliphatic heterocycles. The van der Waals surface area contributed by atoms with Crippen molar-refractivity contribution < 1.29 is 4.79 Å². The zero-order chi connectivity index (χ0) is 11.8. The molecule has 3 nitrogen and oxygen atoms in total. The highest BCUT2D eigenvalue weighted by molar-refractivity contribution is 5.96. The van der Waals surface area contributed by atoms with Crippen LogP contribution in [0.4, 0.5) is 0 Å². The second-order valence-corrected chi connectivity index (χ2v) is 5.20. The highest BCUT2D eigenvalue weighted by atomic mass is 16.1. The van der Waals surface area contributed by atoms with Crippen LogP contribution in [0, 0.1) is 18.3 Å². The molecule has 0 saturated heterocycles. The maximum Gasteiger partial charge on any atom is 0.184 e. The molecule has 0 aromatic carbocycles. The van der Waals surface area contributed by atoms with Gasteiger partial charge in [-0.05, 0) is 12.3 Å². The number of aromatic nitrogens is 2. The third-order valence-corrected chi connectivity index (χ3v) is 3.17. The Hall–Kier alpha value is -1.12. The average Bonchev–Trinajstić information content (AvgIpc) is 2.44. The van der Waals surface area contributed by atoms with Gasteiger partial charge in [0.05, 0.1) is 6.20 Å². The first-order chi connectivity index (χ1) is 6.75. The van der Waals surface area contributed by atoms with Crippen molar-refractivity contribution in [3.8, 4) is 0 Å². The Bertz CT molecular complexity index is 371. The van der Waals surface area contributed by atoms with E-state index >= 15 is 0 Å². The number of aryl methyl sites for hydroxylation is 1. The maximum atomic E-state index is 12.2. The Morgan fingerprint density at radius 1 is 1.47 bits per heavy atom. The number of carbonyl (C=O) groups is 1. The molecule has 0 amide bonds. The lowest BCUT2D eigenvalue weighted by Crippen LogP contribution is -2.27. The van der Waals surface area contributed by atoms with Crippen LogP contribution in [0.2, 0.25) is 0 Å². The molecule has 0 fully saturated rings. The van der Waals surface area contributed by atoms with Crippen LogP contribution in [-0.4, -0.2) is 15.3 Å². The summed E-state index contributed by atoms with van der Waals surface area (Å²) in [4.78, 5) is 16.3. The third-order valence-electron chi connectivity index (χ3n) is 3.17. The van der Waals surface area contributed by atoms with E-state index in [2.05, 4.69) is 25.8 Å². The Balaban J connectivity index is 3.01. The number of ketones is 1. The van der Waals surface area contributed by atoms with Crippen molar-refractivity contribution >= 4 is 5.78 Å². The van der Waals surface area contributed by atoms with Crippen LogP contribution in [0.15, 0.2) is 6.20 Å². The Labute approximate surface area is 91.5 Å². The van der Waals surface area contributed by atoms with Gasteiger partial charge in [-0.2, -0.15) is 0 Å². The number of imidazole rings is 1. The molecule has 0 aliphatic carbocycles. The molecule has 1 unspecified atom stereocenters. The monoisotopic (exact) mass is 208 g/mol. The number of carbonyl (C=O) groups excluding carboxylic acids is 1.